The molecule has 1 fully saturated rings. The number of hydrogen-bond acceptors (Lipinski definition) is 7. The first-order chi connectivity index (χ1) is 17.1. The second kappa shape index (κ2) is 10.2. The van der Waals surface area contributed by atoms with E-state index in [4.69, 9.17) is 4.74 Å². The summed E-state index contributed by atoms with van der Waals surface area (Å²) >= 11 is 0. The molecule has 1 saturated heterocycles. The smallest absolute Gasteiger partial charge is 0.270 e. The van der Waals surface area contributed by atoms with E-state index in [0.717, 1.165) is 86.4 Å². The van der Waals surface area contributed by atoms with E-state index in [2.05, 4.69) is 25.7 Å². The third-order valence-electron chi connectivity index (χ3n) is 6.81. The highest BCUT2D eigenvalue weighted by Gasteiger charge is 2.27. The highest BCUT2D eigenvalue weighted by Crippen LogP contribution is 2.38. The minimum Gasteiger partial charge on any atom is -0.378 e. The van der Waals surface area contributed by atoms with Crippen molar-refractivity contribution in [3.8, 4) is 6.07 Å². The molecule has 0 amide bonds. The Hall–Kier alpha value is -3.77. The summed E-state index contributed by atoms with van der Waals surface area (Å²) in [6.07, 6.45) is 9.82. The Morgan fingerprint density at radius 1 is 1.11 bits per heavy atom. The number of nitro groups is 1. The van der Waals surface area contributed by atoms with Crippen molar-refractivity contribution in [3.05, 3.63) is 74.5 Å². The fraction of sp³-hybridized carbons (Fsp3) is 0.423. The fourth-order valence-corrected chi connectivity index (χ4v) is 5.12. The van der Waals surface area contributed by atoms with E-state index in [1.807, 2.05) is 18.2 Å². The molecule has 1 aromatic heterocycles. The number of nitro benzene ring substituents is 1. The van der Waals surface area contributed by atoms with Gasteiger partial charge in [-0.3, -0.25) is 10.1 Å². The van der Waals surface area contributed by atoms with E-state index in [9.17, 15) is 15.4 Å². The fourth-order valence-electron chi connectivity index (χ4n) is 5.12. The number of aromatic nitrogens is 3. The average molecular weight is 473 g/mol. The summed E-state index contributed by atoms with van der Waals surface area (Å²) in [5.74, 6) is 1.60. The highest BCUT2D eigenvalue weighted by molar-refractivity contribution is 5.76. The van der Waals surface area contributed by atoms with Crippen LogP contribution in [0.2, 0.25) is 0 Å². The average Bonchev–Trinajstić information content (AvgIpc) is 3.38. The molecule has 0 N–H and O–H groups in total. The largest absolute Gasteiger partial charge is 0.378 e. The monoisotopic (exact) mass is 472 g/mol. The number of ether oxygens (including phenoxy) is 1. The van der Waals surface area contributed by atoms with Gasteiger partial charge in [-0.1, -0.05) is 18.6 Å². The predicted molar refractivity (Wildman–Crippen MR) is 131 cm³/mol. The van der Waals surface area contributed by atoms with Crippen molar-refractivity contribution in [2.24, 2.45) is 0 Å². The van der Waals surface area contributed by atoms with Gasteiger partial charge in [0.1, 0.15) is 11.9 Å². The number of nitriles is 1. The Balaban J connectivity index is 1.56. The van der Waals surface area contributed by atoms with Crippen LogP contribution in [0.1, 0.15) is 49.3 Å². The Bertz CT molecular complexity index is 1260. The van der Waals surface area contributed by atoms with Crippen LogP contribution in [0.4, 0.5) is 5.69 Å². The van der Waals surface area contributed by atoms with Gasteiger partial charge in [-0.2, -0.15) is 5.26 Å². The molecule has 0 unspecified atom stereocenters. The minimum atomic E-state index is -0.371. The van der Waals surface area contributed by atoms with Crippen LogP contribution in [0.5, 0.6) is 0 Å². The molecule has 1 aromatic carbocycles. The standard InChI is InChI=1S/C26H28N6O3/c27-18-22(26-29-28-24-7-2-1-3-10-31(24)26)17-21-9-8-20(25(21)30-11-13-35-14-12-30)15-19-5-4-6-23(16-19)32(33)34/h4-6,15-17H,1-3,7-14H2. The molecule has 3 aliphatic rings. The number of rotatable bonds is 5. The summed E-state index contributed by atoms with van der Waals surface area (Å²) in [4.78, 5) is 13.2. The number of fused-ring (bicyclic) bond motifs is 1. The van der Waals surface area contributed by atoms with Crippen molar-refractivity contribution < 1.29 is 9.66 Å². The van der Waals surface area contributed by atoms with Crippen LogP contribution in [-0.2, 0) is 17.7 Å². The lowest BCUT2D eigenvalue weighted by Crippen LogP contribution is -2.36. The highest BCUT2D eigenvalue weighted by atomic mass is 16.6. The second-order valence-electron chi connectivity index (χ2n) is 9.07. The molecular weight excluding hydrogens is 444 g/mol. The topological polar surface area (TPSA) is 110 Å². The van der Waals surface area contributed by atoms with Gasteiger partial charge in [0.05, 0.1) is 23.7 Å². The molecule has 9 nitrogen and oxygen atoms in total. The molecule has 0 saturated carbocycles. The number of non-ortho nitro benzene ring substituents is 1. The van der Waals surface area contributed by atoms with Crippen LogP contribution in [-0.4, -0.2) is 50.9 Å². The summed E-state index contributed by atoms with van der Waals surface area (Å²) in [6, 6.07) is 9.08. The Morgan fingerprint density at radius 3 is 2.77 bits per heavy atom. The Labute approximate surface area is 204 Å². The SMILES string of the molecule is N#CC(=CC1=C(N2CCOCC2)C(=Cc2cccc([N+](=O)[O-])c2)CC1)c1nnc2n1CCCCC2. The molecule has 3 heterocycles. The molecule has 5 rings (SSSR count). The van der Waals surface area contributed by atoms with Crippen LogP contribution >= 0.6 is 0 Å². The maximum atomic E-state index is 11.2. The van der Waals surface area contributed by atoms with Gasteiger partial charge in [-0.25, -0.2) is 0 Å². The summed E-state index contributed by atoms with van der Waals surface area (Å²) in [6.45, 7) is 3.66. The number of allylic oxidation sites excluding steroid dienone is 4. The van der Waals surface area contributed by atoms with Crippen molar-refractivity contribution in [1.29, 1.82) is 5.26 Å². The van der Waals surface area contributed by atoms with Crippen LogP contribution in [0.25, 0.3) is 11.6 Å². The first kappa shape index (κ1) is 23.0. The quantitative estimate of drug-likeness (QED) is 0.363. The van der Waals surface area contributed by atoms with Crippen molar-refractivity contribution in [2.45, 2.75) is 45.1 Å². The Morgan fingerprint density at radius 2 is 1.97 bits per heavy atom. The number of morpholine rings is 1. The van der Waals surface area contributed by atoms with Gasteiger partial charge >= 0.3 is 0 Å². The number of hydrogen-bond donors (Lipinski definition) is 0. The molecular formula is C26H28N6O3. The zero-order chi connectivity index (χ0) is 24.2. The molecule has 180 valence electrons. The second-order valence-corrected chi connectivity index (χ2v) is 9.07. The number of benzene rings is 1. The summed E-state index contributed by atoms with van der Waals surface area (Å²) in [5.41, 5.74) is 4.72. The maximum Gasteiger partial charge on any atom is 0.270 e. The van der Waals surface area contributed by atoms with E-state index in [1.165, 1.54) is 6.07 Å². The zero-order valence-corrected chi connectivity index (χ0v) is 19.7. The van der Waals surface area contributed by atoms with Crippen LogP contribution in [0, 0.1) is 21.4 Å². The van der Waals surface area contributed by atoms with Crippen LogP contribution in [0.15, 0.2) is 47.2 Å². The van der Waals surface area contributed by atoms with Crippen LogP contribution in [0.3, 0.4) is 0 Å². The van der Waals surface area contributed by atoms with Crippen molar-refractivity contribution >= 4 is 17.3 Å². The molecule has 0 bridgehead atoms. The van der Waals surface area contributed by atoms with Crippen molar-refractivity contribution in [2.75, 3.05) is 26.3 Å². The summed E-state index contributed by atoms with van der Waals surface area (Å²) in [5, 5.41) is 30.1. The molecule has 1 aliphatic carbocycles. The summed E-state index contributed by atoms with van der Waals surface area (Å²) < 4.78 is 7.68. The van der Waals surface area contributed by atoms with Crippen molar-refractivity contribution in [3.63, 3.8) is 0 Å². The van der Waals surface area contributed by atoms with E-state index in [1.54, 1.807) is 12.1 Å². The normalized spacial score (nSPS) is 20.0. The molecule has 2 aliphatic heterocycles. The van der Waals surface area contributed by atoms with E-state index >= 15 is 0 Å². The van der Waals surface area contributed by atoms with E-state index < -0.39 is 0 Å². The van der Waals surface area contributed by atoms with Gasteiger partial charge in [-0.15, -0.1) is 10.2 Å². The Kier molecular flexibility index (Phi) is 6.73. The lowest BCUT2D eigenvalue weighted by molar-refractivity contribution is -0.384. The predicted octanol–water partition coefficient (Wildman–Crippen LogP) is 4.28. The van der Waals surface area contributed by atoms with Gasteiger partial charge in [-0.05, 0) is 54.5 Å². The maximum absolute atomic E-state index is 11.2. The first-order valence-corrected chi connectivity index (χ1v) is 12.2. The molecule has 2 aromatic rings. The molecule has 0 spiro atoms. The lowest BCUT2D eigenvalue weighted by atomic mass is 10.1. The van der Waals surface area contributed by atoms with Gasteiger partial charge in [0.25, 0.3) is 5.69 Å². The minimum absolute atomic E-state index is 0.0774. The van der Waals surface area contributed by atoms with Crippen molar-refractivity contribution in [1.82, 2.24) is 19.7 Å². The van der Waals surface area contributed by atoms with E-state index in [0.29, 0.717) is 24.6 Å². The third-order valence-corrected chi connectivity index (χ3v) is 6.81. The third kappa shape index (κ3) is 4.88. The van der Waals surface area contributed by atoms with E-state index in [-0.39, 0.29) is 10.6 Å². The molecule has 0 atom stereocenters. The van der Waals surface area contributed by atoms with Gasteiger partial charge < -0.3 is 14.2 Å². The number of nitrogens with zero attached hydrogens (tertiary/aromatic N) is 6. The molecule has 9 heteroatoms. The first-order valence-electron chi connectivity index (χ1n) is 12.2. The number of aryl methyl sites for hydroxylation is 1. The van der Waals surface area contributed by atoms with Crippen LogP contribution < -0.4 is 0 Å². The van der Waals surface area contributed by atoms with Gasteiger partial charge in [0.15, 0.2) is 5.82 Å². The summed E-state index contributed by atoms with van der Waals surface area (Å²) in [7, 11) is 0. The lowest BCUT2D eigenvalue weighted by Gasteiger charge is -2.31. The zero-order valence-electron chi connectivity index (χ0n) is 19.7. The van der Waals surface area contributed by atoms with Gasteiger partial charge in [0.2, 0.25) is 0 Å². The molecule has 0 radical (unpaired) electrons. The van der Waals surface area contributed by atoms with Gasteiger partial charge in [0, 0.05) is 43.9 Å². The molecule has 35 heavy (non-hydrogen) atoms.